The van der Waals surface area contributed by atoms with E-state index >= 15 is 0 Å². The van der Waals surface area contributed by atoms with Gasteiger partial charge >= 0.3 is 0 Å². The average molecular weight is 629 g/mol. The number of aliphatic hydroxyl groups is 1. The third kappa shape index (κ3) is 5.56. The summed E-state index contributed by atoms with van der Waals surface area (Å²) < 4.78 is 45.4. The first-order chi connectivity index (χ1) is 22.2. The fraction of sp³-hybridized carbons (Fsp3) is 0.303. The molecule has 0 radical (unpaired) electrons. The first-order valence-electron chi connectivity index (χ1n) is 15.0. The molecule has 46 heavy (non-hydrogen) atoms. The van der Waals surface area contributed by atoms with Crippen LogP contribution in [0.25, 0.3) is 22.4 Å². The molecule has 5 aromatic rings. The number of β-amino-alcohol motifs (C(OH)–C–C–N with tert-alkyl or cyclic N) is 1. The van der Waals surface area contributed by atoms with E-state index in [-0.39, 0.29) is 36.4 Å². The number of pyridine rings is 1. The van der Waals surface area contributed by atoms with E-state index < -0.39 is 17.2 Å². The molecule has 7 rings (SSSR count). The number of piperidine rings is 1. The summed E-state index contributed by atoms with van der Waals surface area (Å²) in [6.07, 6.45) is 7.58. The van der Waals surface area contributed by atoms with E-state index in [1.807, 2.05) is 22.1 Å². The van der Waals surface area contributed by atoms with Gasteiger partial charge in [0.15, 0.2) is 0 Å². The highest BCUT2D eigenvalue weighted by molar-refractivity contribution is 6.05. The molecule has 2 aliphatic rings. The number of halogens is 3. The molecule has 1 saturated heterocycles. The number of carbonyl (C=O) groups is 1. The van der Waals surface area contributed by atoms with Gasteiger partial charge in [-0.05, 0) is 49.2 Å². The maximum atomic E-state index is 14.9. The Bertz CT molecular complexity index is 1890. The number of nitrogens with zero attached hydrogens (tertiary/aromatic N) is 8. The van der Waals surface area contributed by atoms with Crippen molar-refractivity contribution in [2.45, 2.75) is 37.6 Å². The highest BCUT2D eigenvalue weighted by atomic mass is 19.1. The molecule has 1 atom stereocenters. The maximum absolute atomic E-state index is 14.9. The minimum atomic E-state index is -1.71. The number of hydrogen-bond acceptors (Lipinski definition) is 7. The van der Waals surface area contributed by atoms with Crippen LogP contribution in [-0.2, 0) is 25.7 Å². The third-order valence-electron chi connectivity index (χ3n) is 8.87. The van der Waals surface area contributed by atoms with Crippen LogP contribution in [0.4, 0.5) is 13.2 Å². The van der Waals surface area contributed by atoms with E-state index in [2.05, 4.69) is 20.2 Å². The molecule has 236 valence electrons. The molecular weight excluding hydrogens is 597 g/mol. The molecule has 5 heterocycles. The van der Waals surface area contributed by atoms with E-state index in [0.717, 1.165) is 28.8 Å². The van der Waals surface area contributed by atoms with E-state index in [0.29, 0.717) is 49.4 Å². The molecule has 2 aliphatic heterocycles. The average Bonchev–Trinajstić information content (AvgIpc) is 3.77. The lowest BCUT2D eigenvalue weighted by molar-refractivity contribution is -0.0307. The van der Waals surface area contributed by atoms with Gasteiger partial charge in [-0.1, -0.05) is 6.07 Å². The van der Waals surface area contributed by atoms with E-state index in [9.17, 15) is 23.1 Å². The summed E-state index contributed by atoms with van der Waals surface area (Å²) in [5, 5.41) is 20.5. The minimum Gasteiger partial charge on any atom is -0.382 e. The van der Waals surface area contributed by atoms with Gasteiger partial charge in [-0.25, -0.2) is 22.8 Å². The minimum absolute atomic E-state index is 0.0225. The number of benzene rings is 2. The van der Waals surface area contributed by atoms with Crippen LogP contribution in [0, 0.1) is 17.5 Å². The standard InChI is InChI=1S/C33H31F3N8O2/c1-41-15-26(31(40-41)21-2-4-22(34)5-3-21)25-8-11-38-29-16-44(32(45)30(25)29)24-9-12-42(13-10-24)17-33(46,18-43-20-37-19-39-43)27-7-6-23(35)14-28(27)36/h2-8,11,14-15,19-20,24,46H,9-10,12-13,16-18H2,1H3. The van der Waals surface area contributed by atoms with Gasteiger partial charge in [0.2, 0.25) is 0 Å². The molecule has 0 aliphatic carbocycles. The van der Waals surface area contributed by atoms with Gasteiger partial charge in [-0.2, -0.15) is 10.2 Å². The highest BCUT2D eigenvalue weighted by Gasteiger charge is 2.40. The number of aromatic nitrogens is 6. The first kappa shape index (κ1) is 29.8. The van der Waals surface area contributed by atoms with Gasteiger partial charge in [-0.15, -0.1) is 0 Å². The molecule has 10 nitrogen and oxygen atoms in total. The molecule has 1 fully saturated rings. The SMILES string of the molecule is Cn1cc(-c2ccnc3c2C(=O)N(C2CCN(CC(O)(Cn4cncn4)c4ccc(F)cc4F)CC2)C3)c(-c2ccc(F)cc2)n1. The molecule has 0 saturated carbocycles. The Morgan fingerprint density at radius 3 is 2.46 bits per heavy atom. The first-order valence-corrected chi connectivity index (χ1v) is 15.0. The van der Waals surface area contributed by atoms with Crippen molar-refractivity contribution in [2.75, 3.05) is 19.6 Å². The zero-order valence-electron chi connectivity index (χ0n) is 25.0. The van der Waals surface area contributed by atoms with Crippen molar-refractivity contribution in [1.29, 1.82) is 0 Å². The van der Waals surface area contributed by atoms with Crippen LogP contribution < -0.4 is 0 Å². The van der Waals surface area contributed by atoms with E-state index in [4.69, 9.17) is 0 Å². The van der Waals surface area contributed by atoms with Crippen molar-refractivity contribution >= 4 is 5.91 Å². The Labute approximate surface area is 262 Å². The van der Waals surface area contributed by atoms with Gasteiger partial charge < -0.3 is 10.0 Å². The Balaban J connectivity index is 1.09. The van der Waals surface area contributed by atoms with Crippen molar-refractivity contribution in [3.8, 4) is 22.4 Å². The van der Waals surface area contributed by atoms with Gasteiger partial charge in [0.1, 0.15) is 41.4 Å². The number of rotatable bonds is 8. The van der Waals surface area contributed by atoms with Crippen molar-refractivity contribution < 1.29 is 23.1 Å². The summed E-state index contributed by atoms with van der Waals surface area (Å²) in [6.45, 7) is 1.47. The second-order valence-electron chi connectivity index (χ2n) is 11.9. The number of hydrogen-bond donors (Lipinski definition) is 1. The molecule has 1 unspecified atom stereocenters. The van der Waals surface area contributed by atoms with Gasteiger partial charge in [0.05, 0.1) is 24.3 Å². The van der Waals surface area contributed by atoms with Gasteiger partial charge in [0, 0.05) is 73.4 Å². The Morgan fingerprint density at radius 2 is 1.74 bits per heavy atom. The van der Waals surface area contributed by atoms with Crippen molar-refractivity contribution in [2.24, 2.45) is 7.05 Å². The van der Waals surface area contributed by atoms with Crippen LogP contribution >= 0.6 is 0 Å². The van der Waals surface area contributed by atoms with Crippen molar-refractivity contribution in [3.63, 3.8) is 0 Å². The van der Waals surface area contributed by atoms with Gasteiger partial charge in [-0.3, -0.25) is 19.4 Å². The molecule has 3 aromatic heterocycles. The van der Waals surface area contributed by atoms with Crippen LogP contribution in [0.1, 0.15) is 34.5 Å². The summed E-state index contributed by atoms with van der Waals surface area (Å²) in [5.74, 6) is -2.02. The third-order valence-corrected chi connectivity index (χ3v) is 8.87. The smallest absolute Gasteiger partial charge is 0.257 e. The lowest BCUT2D eigenvalue weighted by Gasteiger charge is -2.40. The Kier molecular flexibility index (Phi) is 7.65. The summed E-state index contributed by atoms with van der Waals surface area (Å²) >= 11 is 0. The van der Waals surface area contributed by atoms with Crippen LogP contribution in [0.3, 0.4) is 0 Å². The molecule has 13 heteroatoms. The summed E-state index contributed by atoms with van der Waals surface area (Å²) in [4.78, 5) is 26.4. The molecule has 1 N–H and O–H groups in total. The Morgan fingerprint density at radius 1 is 0.978 bits per heavy atom. The fourth-order valence-electron chi connectivity index (χ4n) is 6.69. The van der Waals surface area contributed by atoms with Crippen molar-refractivity contribution in [1.82, 2.24) is 39.3 Å². The predicted octanol–water partition coefficient (Wildman–Crippen LogP) is 4.17. The second kappa shape index (κ2) is 11.8. The lowest BCUT2D eigenvalue weighted by Crippen LogP contribution is -2.50. The van der Waals surface area contributed by atoms with Crippen LogP contribution in [0.2, 0.25) is 0 Å². The van der Waals surface area contributed by atoms with Gasteiger partial charge in [0.25, 0.3) is 5.91 Å². The predicted molar refractivity (Wildman–Crippen MR) is 161 cm³/mol. The second-order valence-corrected chi connectivity index (χ2v) is 11.9. The van der Waals surface area contributed by atoms with E-state index in [1.165, 1.54) is 35.5 Å². The molecule has 0 bridgehead atoms. The monoisotopic (exact) mass is 628 g/mol. The quantitative estimate of drug-likeness (QED) is 0.275. The molecule has 1 amide bonds. The van der Waals surface area contributed by atoms with Crippen molar-refractivity contribution in [3.05, 3.63) is 108 Å². The maximum Gasteiger partial charge on any atom is 0.257 e. The topological polar surface area (TPSA) is 105 Å². The zero-order chi connectivity index (χ0) is 32.0. The molecule has 2 aromatic carbocycles. The molecule has 0 spiro atoms. The largest absolute Gasteiger partial charge is 0.382 e. The number of amides is 1. The fourth-order valence-corrected chi connectivity index (χ4v) is 6.69. The number of carbonyl (C=O) groups excluding carboxylic acids is 1. The summed E-state index contributed by atoms with van der Waals surface area (Å²) in [6, 6.07) is 11.0. The number of likely N-dealkylation sites (tertiary alicyclic amines) is 1. The normalized spacial score (nSPS) is 17.0. The summed E-state index contributed by atoms with van der Waals surface area (Å²) in [7, 11) is 1.80. The number of fused-ring (bicyclic) bond motifs is 1. The molecular formula is C33H31F3N8O2. The highest BCUT2D eigenvalue weighted by Crippen LogP contribution is 2.38. The number of aryl methyl sites for hydroxylation is 1. The van der Waals surface area contributed by atoms with Crippen LogP contribution in [0.15, 0.2) is 73.6 Å². The van der Waals surface area contributed by atoms with Crippen LogP contribution in [0.5, 0.6) is 0 Å². The Hall–Kier alpha value is -4.88. The van der Waals surface area contributed by atoms with E-state index in [1.54, 1.807) is 30.1 Å². The zero-order valence-corrected chi connectivity index (χ0v) is 25.0. The van der Waals surface area contributed by atoms with Crippen LogP contribution in [-0.4, -0.2) is 76.0 Å². The lowest BCUT2D eigenvalue weighted by atomic mass is 9.91. The summed E-state index contributed by atoms with van der Waals surface area (Å²) in [5.41, 5.74) is 2.36.